The van der Waals surface area contributed by atoms with Crippen molar-refractivity contribution in [2.24, 2.45) is 0 Å². The van der Waals surface area contributed by atoms with Crippen LogP contribution in [0.2, 0.25) is 0 Å². The number of ether oxygens (including phenoxy) is 1. The van der Waals surface area contributed by atoms with Gasteiger partial charge in [0.2, 0.25) is 5.91 Å². The van der Waals surface area contributed by atoms with E-state index in [4.69, 9.17) is 4.74 Å². The molecule has 0 spiro atoms. The van der Waals surface area contributed by atoms with Crippen molar-refractivity contribution in [3.63, 3.8) is 0 Å². The molecule has 0 aliphatic carbocycles. The molecule has 0 radical (unpaired) electrons. The highest BCUT2D eigenvalue weighted by Crippen LogP contribution is 2.39. The lowest BCUT2D eigenvalue weighted by molar-refractivity contribution is -0.123. The second-order valence-corrected chi connectivity index (χ2v) is 8.17. The molecular formula is C19H23N2O6P. The third-order valence-electron chi connectivity index (χ3n) is 3.96. The zero-order valence-electron chi connectivity index (χ0n) is 15.3. The van der Waals surface area contributed by atoms with Crippen LogP contribution in [-0.4, -0.2) is 33.6 Å². The lowest BCUT2D eigenvalue weighted by Crippen LogP contribution is -2.50. The minimum absolute atomic E-state index is 0.0330. The van der Waals surface area contributed by atoms with Crippen LogP contribution in [0, 0.1) is 0 Å². The van der Waals surface area contributed by atoms with E-state index in [-0.39, 0.29) is 13.0 Å². The van der Waals surface area contributed by atoms with Crippen LogP contribution in [0.1, 0.15) is 18.1 Å². The second-order valence-electron chi connectivity index (χ2n) is 6.22. The fourth-order valence-electron chi connectivity index (χ4n) is 2.36. The number of carbonyl (C=O) groups is 2. The third-order valence-corrected chi connectivity index (χ3v) is 5.10. The average molecular weight is 406 g/mol. The summed E-state index contributed by atoms with van der Waals surface area (Å²) in [5.41, 5.74) is 1.56. The van der Waals surface area contributed by atoms with Crippen LogP contribution in [0.5, 0.6) is 0 Å². The standard InChI is InChI=1S/C19H23N2O6P/c1-14(28(24,25)26)20-18(22)17(12-15-8-4-2-5-9-15)21-19(23)27-13-16-10-6-3-7-11-16/h2-11,14,17H,12-13H2,1H3,(H,20,22)(H,21,23)(H2,24,25,26)/t14-,17+/m1/s1. The molecule has 9 heteroatoms. The Labute approximate surface area is 163 Å². The summed E-state index contributed by atoms with van der Waals surface area (Å²) in [5, 5.41) is 4.71. The van der Waals surface area contributed by atoms with Crippen molar-refractivity contribution in [2.45, 2.75) is 31.8 Å². The van der Waals surface area contributed by atoms with E-state index in [1.807, 2.05) is 24.3 Å². The maximum atomic E-state index is 12.5. The molecule has 2 amide bonds. The van der Waals surface area contributed by atoms with Crippen molar-refractivity contribution in [3.8, 4) is 0 Å². The van der Waals surface area contributed by atoms with Crippen molar-refractivity contribution >= 4 is 19.6 Å². The van der Waals surface area contributed by atoms with E-state index in [1.54, 1.807) is 36.4 Å². The van der Waals surface area contributed by atoms with Crippen LogP contribution < -0.4 is 10.6 Å². The van der Waals surface area contributed by atoms with Gasteiger partial charge in [-0.2, -0.15) is 0 Å². The fraction of sp³-hybridized carbons (Fsp3) is 0.263. The van der Waals surface area contributed by atoms with Gasteiger partial charge in [0.05, 0.1) is 0 Å². The predicted molar refractivity (Wildman–Crippen MR) is 103 cm³/mol. The average Bonchev–Trinajstić information content (AvgIpc) is 2.66. The molecule has 0 aromatic heterocycles. The monoisotopic (exact) mass is 406 g/mol. The minimum atomic E-state index is -4.50. The van der Waals surface area contributed by atoms with Gasteiger partial charge in [-0.25, -0.2) is 4.79 Å². The molecule has 0 heterocycles. The highest BCUT2D eigenvalue weighted by Gasteiger charge is 2.29. The minimum Gasteiger partial charge on any atom is -0.445 e. The number of hydrogen-bond acceptors (Lipinski definition) is 4. The van der Waals surface area contributed by atoms with E-state index in [0.717, 1.165) is 11.1 Å². The summed E-state index contributed by atoms with van der Waals surface area (Å²) < 4.78 is 16.4. The Morgan fingerprint density at radius 2 is 1.50 bits per heavy atom. The first-order valence-electron chi connectivity index (χ1n) is 8.62. The lowest BCUT2D eigenvalue weighted by Gasteiger charge is -2.22. The van der Waals surface area contributed by atoms with Crippen LogP contribution in [0.3, 0.4) is 0 Å². The molecule has 0 aliphatic heterocycles. The van der Waals surface area contributed by atoms with Gasteiger partial charge in [-0.15, -0.1) is 0 Å². The molecule has 28 heavy (non-hydrogen) atoms. The number of benzene rings is 2. The number of hydrogen-bond donors (Lipinski definition) is 4. The van der Waals surface area contributed by atoms with E-state index >= 15 is 0 Å². The first-order valence-corrected chi connectivity index (χ1v) is 10.3. The van der Waals surface area contributed by atoms with Gasteiger partial charge in [0.15, 0.2) is 0 Å². The molecule has 0 saturated carbocycles. The zero-order chi connectivity index (χ0) is 20.6. The maximum absolute atomic E-state index is 12.5. The molecular weight excluding hydrogens is 383 g/mol. The molecule has 0 unspecified atom stereocenters. The van der Waals surface area contributed by atoms with Crippen LogP contribution >= 0.6 is 7.60 Å². The van der Waals surface area contributed by atoms with Gasteiger partial charge < -0.3 is 25.2 Å². The highest BCUT2D eigenvalue weighted by molar-refractivity contribution is 7.52. The number of alkyl carbamates (subject to hydrolysis) is 1. The molecule has 2 aromatic carbocycles. The van der Waals surface area contributed by atoms with Crippen molar-refractivity contribution in [1.29, 1.82) is 0 Å². The Bertz CT molecular complexity index is 825. The summed E-state index contributed by atoms with van der Waals surface area (Å²) in [6.45, 7) is 1.23. The quantitative estimate of drug-likeness (QED) is 0.498. The number of rotatable bonds is 8. The van der Waals surface area contributed by atoms with Crippen LogP contribution in [-0.2, 0) is 27.1 Å². The topological polar surface area (TPSA) is 125 Å². The smallest absolute Gasteiger partial charge is 0.408 e. The van der Waals surface area contributed by atoms with Gasteiger partial charge in [0, 0.05) is 6.42 Å². The molecule has 2 rings (SSSR count). The first kappa shape index (κ1) is 21.6. The summed E-state index contributed by atoms with van der Waals surface area (Å²) in [5.74, 6) is -2.09. The van der Waals surface area contributed by atoms with Crippen LogP contribution in [0.4, 0.5) is 4.79 Å². The van der Waals surface area contributed by atoms with Gasteiger partial charge in [-0.3, -0.25) is 9.36 Å². The molecule has 2 atom stereocenters. The van der Waals surface area contributed by atoms with Gasteiger partial charge in [-0.1, -0.05) is 60.7 Å². The lowest BCUT2D eigenvalue weighted by atomic mass is 10.1. The molecule has 0 saturated heterocycles. The Kier molecular flexibility index (Phi) is 7.75. The second kappa shape index (κ2) is 10.0. The van der Waals surface area contributed by atoms with Crippen molar-refractivity contribution < 1.29 is 28.7 Å². The summed E-state index contributed by atoms with van der Waals surface area (Å²) in [6.07, 6.45) is -0.662. The highest BCUT2D eigenvalue weighted by atomic mass is 31.2. The number of carbonyl (C=O) groups excluding carboxylic acids is 2. The largest absolute Gasteiger partial charge is 0.445 e. The number of amides is 2. The summed E-state index contributed by atoms with van der Waals surface area (Å²) >= 11 is 0. The predicted octanol–water partition coefficient (Wildman–Crippen LogP) is 2.16. The molecule has 4 N–H and O–H groups in total. The Morgan fingerprint density at radius 3 is 2.04 bits per heavy atom. The van der Waals surface area contributed by atoms with Crippen molar-refractivity contribution in [2.75, 3.05) is 0 Å². The maximum Gasteiger partial charge on any atom is 0.408 e. The van der Waals surface area contributed by atoms with Crippen LogP contribution in [0.15, 0.2) is 60.7 Å². The summed E-state index contributed by atoms with van der Waals surface area (Å²) in [6, 6.07) is 16.9. The molecule has 0 fully saturated rings. The van der Waals surface area contributed by atoms with Crippen LogP contribution in [0.25, 0.3) is 0 Å². The van der Waals surface area contributed by atoms with Crippen molar-refractivity contribution in [1.82, 2.24) is 10.6 Å². The third kappa shape index (κ3) is 7.15. The molecule has 0 bridgehead atoms. The molecule has 0 aliphatic rings. The zero-order valence-corrected chi connectivity index (χ0v) is 16.2. The first-order chi connectivity index (χ1) is 13.3. The van der Waals surface area contributed by atoms with Gasteiger partial charge in [0.1, 0.15) is 18.4 Å². The Balaban J connectivity index is 2.03. The van der Waals surface area contributed by atoms with E-state index in [1.165, 1.54) is 6.92 Å². The van der Waals surface area contributed by atoms with E-state index in [2.05, 4.69) is 10.6 Å². The van der Waals surface area contributed by atoms with Gasteiger partial charge in [-0.05, 0) is 18.1 Å². The SMILES string of the molecule is C[C@H](NC(=O)[C@H](Cc1ccccc1)NC(=O)OCc1ccccc1)P(=O)(O)O. The Morgan fingerprint density at radius 1 is 0.964 bits per heavy atom. The van der Waals surface area contributed by atoms with E-state index in [9.17, 15) is 23.9 Å². The normalized spacial score (nSPS) is 13.2. The summed E-state index contributed by atoms with van der Waals surface area (Å²) in [7, 11) is -4.50. The molecule has 2 aromatic rings. The van der Waals surface area contributed by atoms with Crippen molar-refractivity contribution in [3.05, 3.63) is 71.8 Å². The van der Waals surface area contributed by atoms with E-state index < -0.39 is 31.4 Å². The Hall–Kier alpha value is -2.67. The van der Waals surface area contributed by atoms with Gasteiger partial charge >= 0.3 is 13.7 Å². The van der Waals surface area contributed by atoms with E-state index in [0.29, 0.717) is 0 Å². The fourth-order valence-corrected chi connectivity index (χ4v) is 2.65. The molecule has 150 valence electrons. The molecule has 8 nitrogen and oxygen atoms in total. The summed E-state index contributed by atoms with van der Waals surface area (Å²) in [4.78, 5) is 43.0. The number of nitrogens with one attached hydrogen (secondary N) is 2. The van der Waals surface area contributed by atoms with Gasteiger partial charge in [0.25, 0.3) is 0 Å².